The SMILES string of the molecule is CCCC1CN(c2ccc(OC)cc2OC)C(CC)CN1. The number of anilines is 1. The zero-order valence-electron chi connectivity index (χ0n) is 13.7. The predicted molar refractivity (Wildman–Crippen MR) is 87.7 cm³/mol. The van der Waals surface area contributed by atoms with Gasteiger partial charge in [0.2, 0.25) is 0 Å². The van der Waals surface area contributed by atoms with Gasteiger partial charge in [0.05, 0.1) is 19.9 Å². The van der Waals surface area contributed by atoms with E-state index in [-0.39, 0.29) is 0 Å². The number of nitrogens with one attached hydrogen (secondary N) is 1. The first-order chi connectivity index (χ1) is 10.2. The molecule has 118 valence electrons. The lowest BCUT2D eigenvalue weighted by Gasteiger charge is -2.42. The van der Waals surface area contributed by atoms with Crippen LogP contribution in [0.1, 0.15) is 33.1 Å². The smallest absolute Gasteiger partial charge is 0.145 e. The molecular weight excluding hydrogens is 264 g/mol. The molecule has 1 heterocycles. The van der Waals surface area contributed by atoms with Crippen LogP contribution in [0.25, 0.3) is 0 Å². The third-order valence-electron chi connectivity index (χ3n) is 4.30. The van der Waals surface area contributed by atoms with Crippen molar-refractivity contribution in [3.05, 3.63) is 18.2 Å². The first kappa shape index (κ1) is 16.0. The van der Waals surface area contributed by atoms with E-state index in [1.807, 2.05) is 12.1 Å². The van der Waals surface area contributed by atoms with E-state index in [9.17, 15) is 0 Å². The maximum Gasteiger partial charge on any atom is 0.145 e. The molecule has 0 spiro atoms. The maximum absolute atomic E-state index is 5.59. The van der Waals surface area contributed by atoms with Crippen molar-refractivity contribution in [2.24, 2.45) is 0 Å². The fraction of sp³-hybridized carbons (Fsp3) is 0.647. The summed E-state index contributed by atoms with van der Waals surface area (Å²) in [6.45, 7) is 6.56. The Kier molecular flexibility index (Phi) is 5.74. The lowest BCUT2D eigenvalue weighted by molar-refractivity contribution is 0.359. The molecule has 0 saturated carbocycles. The van der Waals surface area contributed by atoms with Gasteiger partial charge in [-0.1, -0.05) is 20.3 Å². The molecule has 1 aromatic rings. The third kappa shape index (κ3) is 3.62. The van der Waals surface area contributed by atoms with E-state index in [0.29, 0.717) is 12.1 Å². The van der Waals surface area contributed by atoms with Gasteiger partial charge in [-0.15, -0.1) is 0 Å². The van der Waals surface area contributed by atoms with E-state index in [1.165, 1.54) is 18.5 Å². The van der Waals surface area contributed by atoms with Crippen LogP contribution in [0, 0.1) is 0 Å². The number of piperazine rings is 1. The number of benzene rings is 1. The lowest BCUT2D eigenvalue weighted by Crippen LogP contribution is -2.56. The minimum Gasteiger partial charge on any atom is -0.497 e. The summed E-state index contributed by atoms with van der Waals surface area (Å²) < 4.78 is 10.9. The Balaban J connectivity index is 2.27. The fourth-order valence-corrected chi connectivity index (χ4v) is 3.09. The molecule has 4 heteroatoms. The Morgan fingerprint density at radius 3 is 2.67 bits per heavy atom. The summed E-state index contributed by atoms with van der Waals surface area (Å²) in [6.07, 6.45) is 3.55. The average Bonchev–Trinajstić information content (AvgIpc) is 2.54. The van der Waals surface area contributed by atoms with Gasteiger partial charge in [0.25, 0.3) is 0 Å². The van der Waals surface area contributed by atoms with Gasteiger partial charge in [0.15, 0.2) is 0 Å². The van der Waals surface area contributed by atoms with E-state index in [4.69, 9.17) is 9.47 Å². The van der Waals surface area contributed by atoms with Gasteiger partial charge in [0.1, 0.15) is 11.5 Å². The van der Waals surface area contributed by atoms with Crippen molar-refractivity contribution >= 4 is 5.69 Å². The average molecular weight is 292 g/mol. The standard InChI is InChI=1S/C17H28N2O2/c1-5-7-13-12-19(14(6-2)11-18-13)16-9-8-15(20-3)10-17(16)21-4/h8-10,13-14,18H,5-7,11-12H2,1-4H3. The van der Waals surface area contributed by atoms with Crippen molar-refractivity contribution in [1.29, 1.82) is 0 Å². The van der Waals surface area contributed by atoms with Gasteiger partial charge in [-0.2, -0.15) is 0 Å². The Bertz CT molecular complexity index is 450. The highest BCUT2D eigenvalue weighted by atomic mass is 16.5. The van der Waals surface area contributed by atoms with Crippen molar-refractivity contribution in [3.63, 3.8) is 0 Å². The summed E-state index contributed by atoms with van der Waals surface area (Å²) in [7, 11) is 3.41. The normalized spacial score (nSPS) is 22.2. The zero-order chi connectivity index (χ0) is 15.2. The molecule has 21 heavy (non-hydrogen) atoms. The molecule has 0 amide bonds. The summed E-state index contributed by atoms with van der Waals surface area (Å²) >= 11 is 0. The summed E-state index contributed by atoms with van der Waals surface area (Å²) in [5.41, 5.74) is 1.17. The second-order valence-electron chi connectivity index (χ2n) is 5.65. The number of hydrogen-bond acceptors (Lipinski definition) is 4. The Morgan fingerprint density at radius 2 is 2.05 bits per heavy atom. The van der Waals surface area contributed by atoms with E-state index >= 15 is 0 Å². The molecular formula is C17H28N2O2. The summed E-state index contributed by atoms with van der Waals surface area (Å²) in [6, 6.07) is 7.18. The van der Waals surface area contributed by atoms with Crippen LogP contribution in [0.3, 0.4) is 0 Å². The van der Waals surface area contributed by atoms with Gasteiger partial charge in [-0.25, -0.2) is 0 Å². The largest absolute Gasteiger partial charge is 0.497 e. The third-order valence-corrected chi connectivity index (χ3v) is 4.30. The van der Waals surface area contributed by atoms with Crippen LogP contribution in [-0.4, -0.2) is 39.4 Å². The van der Waals surface area contributed by atoms with Crippen LogP contribution >= 0.6 is 0 Å². The number of hydrogen-bond donors (Lipinski definition) is 1. The number of nitrogens with zero attached hydrogens (tertiary/aromatic N) is 1. The van der Waals surface area contributed by atoms with Gasteiger partial charge < -0.3 is 19.7 Å². The fourth-order valence-electron chi connectivity index (χ4n) is 3.09. The van der Waals surface area contributed by atoms with Gasteiger partial charge in [0, 0.05) is 31.2 Å². The molecule has 4 nitrogen and oxygen atoms in total. The molecule has 0 aromatic heterocycles. The van der Waals surface area contributed by atoms with Gasteiger partial charge in [-0.3, -0.25) is 0 Å². The van der Waals surface area contributed by atoms with Crippen molar-refractivity contribution < 1.29 is 9.47 Å². The van der Waals surface area contributed by atoms with E-state index < -0.39 is 0 Å². The topological polar surface area (TPSA) is 33.7 Å². The highest BCUT2D eigenvalue weighted by Gasteiger charge is 2.28. The zero-order valence-corrected chi connectivity index (χ0v) is 13.7. The van der Waals surface area contributed by atoms with E-state index in [0.717, 1.165) is 31.0 Å². The van der Waals surface area contributed by atoms with Crippen molar-refractivity contribution in [2.45, 2.75) is 45.2 Å². The molecule has 1 saturated heterocycles. The summed E-state index contributed by atoms with van der Waals surface area (Å²) in [4.78, 5) is 2.50. The Hall–Kier alpha value is -1.42. The molecule has 2 atom stereocenters. The first-order valence-corrected chi connectivity index (χ1v) is 7.95. The lowest BCUT2D eigenvalue weighted by atomic mass is 10.0. The monoisotopic (exact) mass is 292 g/mol. The van der Waals surface area contributed by atoms with E-state index in [1.54, 1.807) is 14.2 Å². The minimum atomic E-state index is 0.514. The van der Waals surface area contributed by atoms with E-state index in [2.05, 4.69) is 30.1 Å². The Labute approximate surface area is 128 Å². The van der Waals surface area contributed by atoms with Crippen LogP contribution in [0.15, 0.2) is 18.2 Å². The molecule has 0 bridgehead atoms. The molecule has 0 aliphatic carbocycles. The quantitative estimate of drug-likeness (QED) is 0.874. The highest BCUT2D eigenvalue weighted by Crippen LogP contribution is 2.34. The predicted octanol–water partition coefficient (Wildman–Crippen LogP) is 3.06. The second kappa shape index (κ2) is 7.55. The molecule has 1 N–H and O–H groups in total. The second-order valence-corrected chi connectivity index (χ2v) is 5.65. The molecule has 0 radical (unpaired) electrons. The molecule has 1 aromatic carbocycles. The first-order valence-electron chi connectivity index (χ1n) is 7.95. The summed E-state index contributed by atoms with van der Waals surface area (Å²) in [5.74, 6) is 1.73. The van der Waals surface area contributed by atoms with Crippen LogP contribution in [-0.2, 0) is 0 Å². The van der Waals surface area contributed by atoms with Crippen LogP contribution in [0.2, 0.25) is 0 Å². The van der Waals surface area contributed by atoms with Crippen LogP contribution in [0.4, 0.5) is 5.69 Å². The number of rotatable bonds is 6. The number of methoxy groups -OCH3 is 2. The molecule has 2 rings (SSSR count). The van der Waals surface area contributed by atoms with Crippen molar-refractivity contribution in [2.75, 3.05) is 32.2 Å². The Morgan fingerprint density at radius 1 is 1.24 bits per heavy atom. The maximum atomic E-state index is 5.59. The molecule has 2 unspecified atom stereocenters. The molecule has 1 aliphatic rings. The number of ether oxygens (including phenoxy) is 2. The highest BCUT2D eigenvalue weighted by molar-refractivity contribution is 5.62. The molecule has 1 fully saturated rings. The minimum absolute atomic E-state index is 0.514. The van der Waals surface area contributed by atoms with Gasteiger partial charge in [-0.05, 0) is 25.0 Å². The molecule has 1 aliphatic heterocycles. The summed E-state index contributed by atoms with van der Waals surface area (Å²) in [5, 5.41) is 3.67. The van der Waals surface area contributed by atoms with Gasteiger partial charge >= 0.3 is 0 Å². The van der Waals surface area contributed by atoms with Crippen molar-refractivity contribution in [1.82, 2.24) is 5.32 Å². The van der Waals surface area contributed by atoms with Crippen LogP contribution < -0.4 is 19.7 Å². The van der Waals surface area contributed by atoms with Crippen molar-refractivity contribution in [3.8, 4) is 11.5 Å². The van der Waals surface area contributed by atoms with Crippen LogP contribution in [0.5, 0.6) is 11.5 Å².